The number of hydrogen-bond acceptors (Lipinski definition) is 4. The molecule has 0 aliphatic heterocycles. The van der Waals surface area contributed by atoms with E-state index in [2.05, 4.69) is 182 Å². The Bertz CT molecular complexity index is 3080. The lowest BCUT2D eigenvalue weighted by atomic mass is 9.90. The van der Waals surface area contributed by atoms with E-state index in [9.17, 15) is 0 Å². The van der Waals surface area contributed by atoms with Crippen molar-refractivity contribution in [2.24, 2.45) is 0 Å². The van der Waals surface area contributed by atoms with E-state index in [1.54, 1.807) is 0 Å². The fourth-order valence-electron chi connectivity index (χ4n) is 7.93. The van der Waals surface area contributed by atoms with Crippen molar-refractivity contribution in [2.75, 3.05) is 0 Å². The Hall–Kier alpha value is -8.34. The van der Waals surface area contributed by atoms with Crippen LogP contribution in [0.25, 0.3) is 83.9 Å². The van der Waals surface area contributed by atoms with Gasteiger partial charge in [0.2, 0.25) is 0 Å². The Kier molecular flexibility index (Phi) is 10.5. The van der Waals surface area contributed by atoms with Crippen LogP contribution in [-0.2, 0) is 0 Å². The molecule has 292 valence electrons. The van der Waals surface area contributed by atoms with Gasteiger partial charge in [-0.15, -0.1) is 0 Å². The minimum Gasteiger partial charge on any atom is -0.300 e. The van der Waals surface area contributed by atoms with Crippen LogP contribution in [0.15, 0.2) is 237 Å². The molecule has 0 atom stereocenters. The molecule has 1 N–H and O–H groups in total. The predicted octanol–water partition coefficient (Wildman–Crippen LogP) is 14.5. The van der Waals surface area contributed by atoms with E-state index in [-0.39, 0.29) is 0 Å². The van der Waals surface area contributed by atoms with E-state index in [0.717, 1.165) is 83.1 Å². The molecule has 0 amide bonds. The summed E-state index contributed by atoms with van der Waals surface area (Å²) >= 11 is 0. The molecule has 10 rings (SSSR count). The standard InChI is InChI=1S/C58H40N4/c59-55(47-20-11-4-12-21-47)39-54(45-18-9-3-10-19-45)52-23-13-22-46-30-37-51(38-53(46)52)44-28-35-50(36-29-44)58-61-56(48-31-24-42(25-32-48)40-14-5-1-6-15-40)60-57(62-58)49-33-26-43(27-34-49)41-16-7-2-8-17-41/h1-39,59H/b54-39-,59-55?. The molecular formula is C58H40N4. The molecule has 1 heterocycles. The summed E-state index contributed by atoms with van der Waals surface area (Å²) in [6.07, 6.45) is 1.99. The smallest absolute Gasteiger partial charge is 0.164 e. The highest BCUT2D eigenvalue weighted by Crippen LogP contribution is 2.35. The van der Waals surface area contributed by atoms with Crippen molar-refractivity contribution in [1.29, 1.82) is 5.41 Å². The highest BCUT2D eigenvalue weighted by molar-refractivity contribution is 6.13. The number of benzene rings is 9. The van der Waals surface area contributed by atoms with E-state index in [1.807, 2.05) is 54.6 Å². The largest absolute Gasteiger partial charge is 0.300 e. The molecule has 4 heteroatoms. The molecular weight excluding hydrogens is 753 g/mol. The minimum absolute atomic E-state index is 0.464. The maximum absolute atomic E-state index is 9.05. The van der Waals surface area contributed by atoms with E-state index in [0.29, 0.717) is 23.2 Å². The highest BCUT2D eigenvalue weighted by atomic mass is 15.0. The number of fused-ring (bicyclic) bond motifs is 1. The van der Waals surface area contributed by atoms with E-state index < -0.39 is 0 Å². The number of allylic oxidation sites excluding steroid dienone is 1. The second-order valence-corrected chi connectivity index (χ2v) is 15.2. The quantitative estimate of drug-likeness (QED) is 0.140. The third-order valence-electron chi connectivity index (χ3n) is 11.2. The van der Waals surface area contributed by atoms with Crippen molar-refractivity contribution in [3.05, 3.63) is 253 Å². The van der Waals surface area contributed by atoms with Crippen LogP contribution in [0.4, 0.5) is 0 Å². The maximum Gasteiger partial charge on any atom is 0.164 e. The first-order valence-electron chi connectivity index (χ1n) is 20.8. The Morgan fingerprint density at radius 2 is 0.694 bits per heavy atom. The number of nitrogens with one attached hydrogen (secondary N) is 1. The van der Waals surface area contributed by atoms with Crippen LogP contribution in [0.3, 0.4) is 0 Å². The van der Waals surface area contributed by atoms with Gasteiger partial charge in [-0.1, -0.05) is 224 Å². The molecule has 0 saturated carbocycles. The highest BCUT2D eigenvalue weighted by Gasteiger charge is 2.15. The van der Waals surface area contributed by atoms with Gasteiger partial charge in [-0.3, -0.25) is 0 Å². The molecule has 62 heavy (non-hydrogen) atoms. The number of rotatable bonds is 10. The molecule has 1 aromatic heterocycles. The number of nitrogens with zero attached hydrogens (tertiary/aromatic N) is 3. The Morgan fingerprint density at radius 1 is 0.323 bits per heavy atom. The number of aromatic nitrogens is 3. The molecule has 0 saturated heterocycles. The molecule has 10 aromatic rings. The van der Waals surface area contributed by atoms with Crippen LogP contribution in [0.1, 0.15) is 16.7 Å². The van der Waals surface area contributed by atoms with E-state index in [4.69, 9.17) is 20.4 Å². The van der Waals surface area contributed by atoms with Gasteiger partial charge in [0.1, 0.15) is 0 Å². The first kappa shape index (κ1) is 37.9. The lowest BCUT2D eigenvalue weighted by Gasteiger charge is -2.14. The second kappa shape index (κ2) is 17.1. The second-order valence-electron chi connectivity index (χ2n) is 15.2. The SMILES string of the molecule is N=C(/C=C(/c1ccccc1)c1cccc2ccc(-c3ccc(-c4nc(-c5ccc(-c6ccccc6)cc5)nc(-c5ccc(-c6ccccc6)cc5)n4)cc3)cc12)c1ccccc1. The van der Waals surface area contributed by atoms with Crippen molar-refractivity contribution in [2.45, 2.75) is 0 Å². The molecule has 0 spiro atoms. The third-order valence-corrected chi connectivity index (χ3v) is 11.2. The zero-order valence-corrected chi connectivity index (χ0v) is 33.9. The molecule has 0 fully saturated rings. The van der Waals surface area contributed by atoms with Crippen LogP contribution >= 0.6 is 0 Å². The average Bonchev–Trinajstić information content (AvgIpc) is 3.36. The maximum atomic E-state index is 9.05. The fraction of sp³-hybridized carbons (Fsp3) is 0. The molecule has 0 aliphatic rings. The van der Waals surface area contributed by atoms with Gasteiger partial charge in [-0.2, -0.15) is 0 Å². The van der Waals surface area contributed by atoms with Crippen molar-refractivity contribution in [3.8, 4) is 67.5 Å². The minimum atomic E-state index is 0.464. The first-order valence-corrected chi connectivity index (χ1v) is 20.8. The molecule has 0 unspecified atom stereocenters. The Morgan fingerprint density at radius 3 is 1.16 bits per heavy atom. The molecule has 0 bridgehead atoms. The van der Waals surface area contributed by atoms with E-state index >= 15 is 0 Å². The predicted molar refractivity (Wildman–Crippen MR) is 257 cm³/mol. The van der Waals surface area contributed by atoms with Gasteiger partial charge in [0.15, 0.2) is 17.5 Å². The van der Waals surface area contributed by atoms with Gasteiger partial charge in [0.25, 0.3) is 0 Å². The van der Waals surface area contributed by atoms with Crippen LogP contribution in [-0.4, -0.2) is 20.7 Å². The lowest BCUT2D eigenvalue weighted by Crippen LogP contribution is -2.00. The lowest BCUT2D eigenvalue weighted by molar-refractivity contribution is 1.07. The van der Waals surface area contributed by atoms with Crippen LogP contribution < -0.4 is 0 Å². The summed E-state index contributed by atoms with van der Waals surface area (Å²) in [5, 5.41) is 11.3. The summed E-state index contributed by atoms with van der Waals surface area (Å²) in [5.74, 6) is 1.84. The Balaban J connectivity index is 1.02. The van der Waals surface area contributed by atoms with E-state index in [1.165, 1.54) is 0 Å². The van der Waals surface area contributed by atoms with Gasteiger partial charge in [0.05, 0.1) is 5.71 Å². The van der Waals surface area contributed by atoms with Crippen molar-refractivity contribution < 1.29 is 0 Å². The van der Waals surface area contributed by atoms with Crippen molar-refractivity contribution in [1.82, 2.24) is 15.0 Å². The van der Waals surface area contributed by atoms with Crippen LogP contribution in [0.2, 0.25) is 0 Å². The van der Waals surface area contributed by atoms with Gasteiger partial charge in [0, 0.05) is 16.7 Å². The molecule has 9 aromatic carbocycles. The van der Waals surface area contributed by atoms with Gasteiger partial charge < -0.3 is 5.41 Å². The topological polar surface area (TPSA) is 62.5 Å². The summed E-state index contributed by atoms with van der Waals surface area (Å²) < 4.78 is 0. The van der Waals surface area contributed by atoms with Gasteiger partial charge >= 0.3 is 0 Å². The monoisotopic (exact) mass is 792 g/mol. The summed E-state index contributed by atoms with van der Waals surface area (Å²) in [5.41, 5.74) is 14.0. The Labute approximate surface area is 361 Å². The number of hydrogen-bond donors (Lipinski definition) is 1. The normalized spacial score (nSPS) is 11.4. The molecule has 0 aliphatic carbocycles. The summed E-state index contributed by atoms with van der Waals surface area (Å²) in [6.45, 7) is 0. The summed E-state index contributed by atoms with van der Waals surface area (Å²) in [7, 11) is 0. The first-order chi connectivity index (χ1) is 30.6. The zero-order chi connectivity index (χ0) is 41.7. The average molecular weight is 793 g/mol. The summed E-state index contributed by atoms with van der Waals surface area (Å²) in [4.78, 5) is 15.2. The van der Waals surface area contributed by atoms with Gasteiger partial charge in [-0.05, 0) is 78.6 Å². The fourth-order valence-corrected chi connectivity index (χ4v) is 7.93. The van der Waals surface area contributed by atoms with Crippen molar-refractivity contribution in [3.63, 3.8) is 0 Å². The molecule has 0 radical (unpaired) electrons. The van der Waals surface area contributed by atoms with Crippen LogP contribution in [0, 0.1) is 5.41 Å². The zero-order valence-electron chi connectivity index (χ0n) is 33.9. The third kappa shape index (κ3) is 8.01. The van der Waals surface area contributed by atoms with Crippen molar-refractivity contribution >= 4 is 22.1 Å². The van der Waals surface area contributed by atoms with Gasteiger partial charge in [-0.25, -0.2) is 15.0 Å². The van der Waals surface area contributed by atoms with Crippen LogP contribution in [0.5, 0.6) is 0 Å². The summed E-state index contributed by atoms with van der Waals surface area (Å²) in [6, 6.07) is 79.4. The molecule has 4 nitrogen and oxygen atoms in total.